The largest absolute Gasteiger partial charge is 0.493 e. The van der Waals surface area contributed by atoms with Crippen LogP contribution < -0.4 is 0 Å². The van der Waals surface area contributed by atoms with E-state index in [4.69, 9.17) is 0 Å². The van der Waals surface area contributed by atoms with E-state index in [2.05, 4.69) is 14.8 Å². The molecule has 0 amide bonds. The monoisotopic (exact) mass is 251 g/mol. The minimum atomic E-state index is -0.837. The van der Waals surface area contributed by atoms with Crippen molar-refractivity contribution in [1.82, 2.24) is 14.8 Å². The van der Waals surface area contributed by atoms with Crippen molar-refractivity contribution in [2.24, 2.45) is 7.05 Å². The summed E-state index contributed by atoms with van der Waals surface area (Å²) < 4.78 is 19.0. The highest BCUT2D eigenvalue weighted by Gasteiger charge is 2.15. The lowest BCUT2D eigenvalue weighted by Gasteiger charge is -2.03. The molecule has 18 heavy (non-hydrogen) atoms. The molecule has 0 aliphatic carbocycles. The van der Waals surface area contributed by atoms with Crippen LogP contribution in [0.3, 0.4) is 0 Å². The van der Waals surface area contributed by atoms with Crippen molar-refractivity contribution in [3.63, 3.8) is 0 Å². The van der Waals surface area contributed by atoms with Gasteiger partial charge in [0.1, 0.15) is 0 Å². The zero-order chi connectivity index (χ0) is 13.3. The number of esters is 1. The number of aromatic nitrogens is 3. The molecule has 2 heterocycles. The van der Waals surface area contributed by atoms with Crippen molar-refractivity contribution in [1.29, 1.82) is 0 Å². The number of aromatic hydroxyl groups is 1. The number of ether oxygens (including phenoxy) is 1. The van der Waals surface area contributed by atoms with Crippen LogP contribution in [0.15, 0.2) is 18.3 Å². The van der Waals surface area contributed by atoms with Gasteiger partial charge in [-0.2, -0.15) is 9.49 Å². The zero-order valence-electron chi connectivity index (χ0n) is 9.72. The zero-order valence-corrected chi connectivity index (χ0v) is 9.72. The number of hydrogen-bond acceptors (Lipinski definition) is 5. The number of halogens is 1. The van der Waals surface area contributed by atoms with Crippen molar-refractivity contribution in [3.05, 3.63) is 29.8 Å². The molecule has 6 nitrogen and oxygen atoms in total. The molecule has 1 N–H and O–H groups in total. The van der Waals surface area contributed by atoms with E-state index in [9.17, 15) is 14.3 Å². The van der Waals surface area contributed by atoms with Crippen LogP contribution in [0.25, 0.3) is 11.3 Å². The van der Waals surface area contributed by atoms with Crippen LogP contribution in [0.2, 0.25) is 0 Å². The van der Waals surface area contributed by atoms with Crippen LogP contribution >= 0.6 is 0 Å². The second kappa shape index (κ2) is 4.44. The molecule has 2 rings (SSSR count). The Morgan fingerprint density at radius 2 is 2.22 bits per heavy atom. The van der Waals surface area contributed by atoms with Gasteiger partial charge in [-0.3, -0.25) is 0 Å². The maximum atomic E-state index is 13.3. The third-order valence-electron chi connectivity index (χ3n) is 2.40. The van der Waals surface area contributed by atoms with Crippen LogP contribution in [0.5, 0.6) is 5.88 Å². The molecule has 0 aliphatic rings. The topological polar surface area (TPSA) is 77.2 Å². The van der Waals surface area contributed by atoms with Crippen LogP contribution in [-0.4, -0.2) is 33.0 Å². The maximum Gasteiger partial charge on any atom is 0.338 e. The molecule has 0 radical (unpaired) electrons. The molecule has 2 aromatic rings. The first-order valence-electron chi connectivity index (χ1n) is 5.00. The Labute approximate surface area is 102 Å². The van der Waals surface area contributed by atoms with Gasteiger partial charge in [0.05, 0.1) is 30.1 Å². The standard InChI is InChI=1S/C11H10FN3O3/c1-15-10(16)7(5-13-15)8-3-6(11(17)18-2)4-9(12)14-8/h3-5,16H,1-2H3. The summed E-state index contributed by atoms with van der Waals surface area (Å²) in [5.74, 6) is -1.68. The second-order valence-corrected chi connectivity index (χ2v) is 3.56. The van der Waals surface area contributed by atoms with Crippen molar-refractivity contribution in [2.75, 3.05) is 7.11 Å². The van der Waals surface area contributed by atoms with Crippen molar-refractivity contribution in [3.8, 4) is 17.1 Å². The summed E-state index contributed by atoms with van der Waals surface area (Å²) in [7, 11) is 2.72. The highest BCUT2D eigenvalue weighted by atomic mass is 19.1. The van der Waals surface area contributed by atoms with Gasteiger partial charge in [0, 0.05) is 13.1 Å². The molecule has 0 unspecified atom stereocenters. The maximum absolute atomic E-state index is 13.3. The van der Waals surface area contributed by atoms with Gasteiger partial charge in [0.15, 0.2) is 0 Å². The molecule has 0 spiro atoms. The minimum absolute atomic E-state index is 0.0169. The second-order valence-electron chi connectivity index (χ2n) is 3.56. The molecule has 0 saturated heterocycles. The minimum Gasteiger partial charge on any atom is -0.493 e. The molecular formula is C11H10FN3O3. The third kappa shape index (κ3) is 2.02. The first-order valence-corrected chi connectivity index (χ1v) is 5.00. The molecule has 0 saturated carbocycles. The van der Waals surface area contributed by atoms with Gasteiger partial charge >= 0.3 is 5.97 Å². The molecule has 94 valence electrons. The lowest BCUT2D eigenvalue weighted by atomic mass is 10.1. The van der Waals surface area contributed by atoms with Crippen molar-refractivity contribution in [2.45, 2.75) is 0 Å². The Kier molecular flexibility index (Phi) is 2.97. The third-order valence-corrected chi connectivity index (χ3v) is 2.40. The summed E-state index contributed by atoms with van der Waals surface area (Å²) in [6, 6.07) is 2.29. The number of hydrogen-bond donors (Lipinski definition) is 1. The number of nitrogens with zero attached hydrogens (tertiary/aromatic N) is 3. The van der Waals surface area contributed by atoms with E-state index in [1.165, 1.54) is 31.1 Å². The van der Waals surface area contributed by atoms with Gasteiger partial charge in [-0.1, -0.05) is 0 Å². The fraction of sp³-hybridized carbons (Fsp3) is 0.182. The Balaban J connectivity index is 2.55. The molecule has 0 fully saturated rings. The summed E-state index contributed by atoms with van der Waals surface area (Å²) in [5, 5.41) is 13.5. The summed E-state index contributed by atoms with van der Waals surface area (Å²) in [4.78, 5) is 14.9. The van der Waals surface area contributed by atoms with Gasteiger partial charge in [-0.25, -0.2) is 14.5 Å². The molecular weight excluding hydrogens is 241 g/mol. The Morgan fingerprint density at radius 1 is 1.50 bits per heavy atom. The SMILES string of the molecule is COC(=O)c1cc(F)nc(-c2cnn(C)c2O)c1. The predicted molar refractivity (Wildman–Crippen MR) is 59.4 cm³/mol. The first-order chi connectivity index (χ1) is 8.52. The molecule has 2 aromatic heterocycles. The van der Waals surface area contributed by atoms with Crippen LogP contribution in [0.4, 0.5) is 4.39 Å². The number of aryl methyl sites for hydroxylation is 1. The van der Waals surface area contributed by atoms with E-state index < -0.39 is 11.9 Å². The lowest BCUT2D eigenvalue weighted by Crippen LogP contribution is -2.03. The normalized spacial score (nSPS) is 10.4. The summed E-state index contributed by atoms with van der Waals surface area (Å²) >= 11 is 0. The lowest BCUT2D eigenvalue weighted by molar-refractivity contribution is 0.0600. The molecule has 0 aromatic carbocycles. The van der Waals surface area contributed by atoms with Gasteiger partial charge in [0.2, 0.25) is 11.8 Å². The van der Waals surface area contributed by atoms with E-state index in [0.717, 1.165) is 6.07 Å². The Bertz CT molecular complexity index is 610. The number of methoxy groups -OCH3 is 1. The first kappa shape index (κ1) is 12.0. The van der Waals surface area contributed by atoms with Crippen molar-refractivity contribution >= 4 is 5.97 Å². The predicted octanol–water partition coefficient (Wildman–Crippen LogP) is 1.11. The molecule has 0 aliphatic heterocycles. The van der Waals surface area contributed by atoms with Crippen LogP contribution in [0.1, 0.15) is 10.4 Å². The van der Waals surface area contributed by atoms with Crippen molar-refractivity contribution < 1.29 is 19.0 Å². The number of carbonyl (C=O) groups excluding carboxylic acids is 1. The van der Waals surface area contributed by atoms with E-state index >= 15 is 0 Å². The van der Waals surface area contributed by atoms with Gasteiger partial charge in [0.25, 0.3) is 0 Å². The molecule has 0 atom stereocenters. The number of pyridine rings is 1. The Morgan fingerprint density at radius 3 is 2.78 bits per heavy atom. The average Bonchev–Trinajstić information content (AvgIpc) is 2.68. The Hall–Kier alpha value is -2.44. The number of rotatable bonds is 2. The molecule has 0 bridgehead atoms. The van der Waals surface area contributed by atoms with Crippen LogP contribution in [-0.2, 0) is 11.8 Å². The smallest absolute Gasteiger partial charge is 0.338 e. The van der Waals surface area contributed by atoms with E-state index in [0.29, 0.717) is 0 Å². The van der Waals surface area contributed by atoms with E-state index in [-0.39, 0.29) is 22.7 Å². The fourth-order valence-corrected chi connectivity index (χ4v) is 1.48. The summed E-state index contributed by atoms with van der Waals surface area (Å²) in [5.41, 5.74) is 0.367. The quantitative estimate of drug-likeness (QED) is 0.639. The van der Waals surface area contributed by atoms with Crippen LogP contribution in [0, 0.1) is 5.95 Å². The van der Waals surface area contributed by atoms with E-state index in [1.54, 1.807) is 0 Å². The van der Waals surface area contributed by atoms with Gasteiger partial charge in [-0.15, -0.1) is 0 Å². The van der Waals surface area contributed by atoms with Gasteiger partial charge in [-0.05, 0) is 6.07 Å². The fourth-order valence-electron chi connectivity index (χ4n) is 1.48. The van der Waals surface area contributed by atoms with E-state index in [1.807, 2.05) is 0 Å². The highest BCUT2D eigenvalue weighted by Crippen LogP contribution is 2.27. The highest BCUT2D eigenvalue weighted by molar-refractivity contribution is 5.90. The van der Waals surface area contributed by atoms with Gasteiger partial charge < -0.3 is 9.84 Å². The summed E-state index contributed by atoms with van der Waals surface area (Å²) in [6.07, 6.45) is 1.33. The number of carbonyl (C=O) groups is 1. The average molecular weight is 251 g/mol. The summed E-state index contributed by atoms with van der Waals surface area (Å²) in [6.45, 7) is 0. The molecule has 7 heteroatoms.